The quantitative estimate of drug-likeness (QED) is 0.681. The van der Waals surface area contributed by atoms with Crippen LogP contribution in [-0.4, -0.2) is 7.11 Å². The van der Waals surface area contributed by atoms with Gasteiger partial charge >= 0.3 is 0 Å². The van der Waals surface area contributed by atoms with Crippen molar-refractivity contribution in [2.45, 2.75) is 19.4 Å². The molecular weight excluding hydrogens is 210 g/mol. The smallest absolute Gasteiger partial charge is 0.212 e. The molecule has 0 atom stereocenters. The molecule has 17 heavy (non-hydrogen) atoms. The van der Waals surface area contributed by atoms with Crippen molar-refractivity contribution in [1.29, 1.82) is 0 Å². The van der Waals surface area contributed by atoms with Crippen molar-refractivity contribution in [3.8, 4) is 17.0 Å². The first-order valence-electron chi connectivity index (χ1n) is 6.04. The molecule has 3 rings (SSSR count). The number of aryl methyl sites for hydroxylation is 2. The van der Waals surface area contributed by atoms with E-state index < -0.39 is 0 Å². The summed E-state index contributed by atoms with van der Waals surface area (Å²) in [4.78, 5) is 0. The van der Waals surface area contributed by atoms with Crippen molar-refractivity contribution >= 4 is 0 Å². The van der Waals surface area contributed by atoms with E-state index in [9.17, 15) is 0 Å². The monoisotopic (exact) mass is 226 g/mol. The van der Waals surface area contributed by atoms with Gasteiger partial charge in [-0.05, 0) is 36.2 Å². The Morgan fingerprint density at radius 3 is 3.00 bits per heavy atom. The van der Waals surface area contributed by atoms with Gasteiger partial charge in [0, 0.05) is 24.1 Å². The van der Waals surface area contributed by atoms with E-state index in [0.29, 0.717) is 0 Å². The number of methoxy groups -OCH3 is 1. The number of rotatable bonds is 1. The molecule has 0 saturated carbocycles. The summed E-state index contributed by atoms with van der Waals surface area (Å²) >= 11 is 0. The van der Waals surface area contributed by atoms with Crippen LogP contribution in [0.5, 0.6) is 5.75 Å². The number of nitrogens with zero attached hydrogens (tertiary/aromatic N) is 1. The van der Waals surface area contributed by atoms with Crippen LogP contribution in [0.3, 0.4) is 0 Å². The highest BCUT2D eigenvalue weighted by Crippen LogP contribution is 2.28. The van der Waals surface area contributed by atoms with Gasteiger partial charge < -0.3 is 4.74 Å². The molecule has 0 spiro atoms. The Labute approximate surface area is 101 Å². The second-order valence-corrected chi connectivity index (χ2v) is 4.41. The standard InChI is InChI=1S/C15H16NO/c1-17-13-7-8-14-12(11-13)5-4-10-16-9-3-2-6-15(14)16/h2-3,6-9,11H,4-5,10H2,1H3/q+1. The summed E-state index contributed by atoms with van der Waals surface area (Å²) in [6.07, 6.45) is 4.46. The summed E-state index contributed by atoms with van der Waals surface area (Å²) in [5.41, 5.74) is 4.04. The number of hydrogen-bond acceptors (Lipinski definition) is 1. The van der Waals surface area contributed by atoms with Crippen LogP contribution in [0.1, 0.15) is 12.0 Å². The van der Waals surface area contributed by atoms with Crippen LogP contribution in [0.25, 0.3) is 11.3 Å². The predicted octanol–water partition coefficient (Wildman–Crippen LogP) is 2.60. The van der Waals surface area contributed by atoms with Crippen LogP contribution in [0.4, 0.5) is 0 Å². The lowest BCUT2D eigenvalue weighted by atomic mass is 10.0. The zero-order valence-corrected chi connectivity index (χ0v) is 10.0. The second kappa shape index (κ2) is 4.21. The van der Waals surface area contributed by atoms with E-state index >= 15 is 0 Å². The molecule has 2 aromatic rings. The molecule has 2 heteroatoms. The van der Waals surface area contributed by atoms with Crippen LogP contribution >= 0.6 is 0 Å². The van der Waals surface area contributed by atoms with Gasteiger partial charge in [-0.15, -0.1) is 0 Å². The van der Waals surface area contributed by atoms with Gasteiger partial charge in [0.05, 0.1) is 7.11 Å². The number of aromatic nitrogens is 1. The van der Waals surface area contributed by atoms with E-state index in [0.717, 1.165) is 18.7 Å². The minimum Gasteiger partial charge on any atom is -0.497 e. The Kier molecular flexibility index (Phi) is 2.56. The third-order valence-corrected chi connectivity index (χ3v) is 3.37. The highest BCUT2D eigenvalue weighted by molar-refractivity contribution is 5.63. The third kappa shape index (κ3) is 1.80. The molecule has 1 aliphatic heterocycles. The molecule has 0 unspecified atom stereocenters. The Bertz CT molecular complexity index is 548. The summed E-state index contributed by atoms with van der Waals surface area (Å²) in [7, 11) is 1.72. The normalized spacial score (nSPS) is 13.5. The van der Waals surface area contributed by atoms with Crippen molar-refractivity contribution in [3.05, 3.63) is 48.2 Å². The highest BCUT2D eigenvalue weighted by Gasteiger charge is 2.19. The molecule has 0 bridgehead atoms. The van der Waals surface area contributed by atoms with Gasteiger partial charge in [-0.3, -0.25) is 0 Å². The fourth-order valence-corrected chi connectivity index (χ4v) is 2.51. The van der Waals surface area contributed by atoms with Crippen LogP contribution in [-0.2, 0) is 13.0 Å². The molecule has 0 radical (unpaired) electrons. The molecule has 0 fully saturated rings. The van der Waals surface area contributed by atoms with Crippen molar-refractivity contribution in [3.63, 3.8) is 0 Å². The number of pyridine rings is 1. The van der Waals surface area contributed by atoms with E-state index in [1.807, 2.05) is 6.07 Å². The summed E-state index contributed by atoms with van der Waals surface area (Å²) in [6, 6.07) is 12.8. The summed E-state index contributed by atoms with van der Waals surface area (Å²) in [6.45, 7) is 1.09. The lowest BCUT2D eigenvalue weighted by molar-refractivity contribution is -0.686. The van der Waals surface area contributed by atoms with Gasteiger partial charge in [0.25, 0.3) is 0 Å². The maximum absolute atomic E-state index is 5.30. The van der Waals surface area contributed by atoms with Gasteiger partial charge in [-0.25, -0.2) is 0 Å². The zero-order chi connectivity index (χ0) is 11.7. The third-order valence-electron chi connectivity index (χ3n) is 3.37. The fraction of sp³-hybridized carbons (Fsp3) is 0.267. The highest BCUT2D eigenvalue weighted by atomic mass is 16.5. The van der Waals surface area contributed by atoms with Crippen molar-refractivity contribution in [1.82, 2.24) is 0 Å². The lowest BCUT2D eigenvalue weighted by Gasteiger charge is -2.06. The molecule has 2 heterocycles. The lowest BCUT2D eigenvalue weighted by Crippen LogP contribution is -2.34. The second-order valence-electron chi connectivity index (χ2n) is 4.41. The van der Waals surface area contributed by atoms with Crippen LogP contribution in [0.2, 0.25) is 0 Å². The van der Waals surface area contributed by atoms with Crippen molar-refractivity contribution in [2.75, 3.05) is 7.11 Å². The predicted molar refractivity (Wildman–Crippen MR) is 66.9 cm³/mol. The summed E-state index contributed by atoms with van der Waals surface area (Å²) < 4.78 is 7.63. The minimum atomic E-state index is 0.952. The molecule has 86 valence electrons. The Hall–Kier alpha value is -1.83. The number of ether oxygens (including phenoxy) is 1. The van der Waals surface area contributed by atoms with Crippen LogP contribution in [0.15, 0.2) is 42.6 Å². The molecule has 1 aromatic heterocycles. The van der Waals surface area contributed by atoms with E-state index in [2.05, 4.69) is 41.1 Å². The summed E-state index contributed by atoms with van der Waals surface area (Å²) in [5, 5.41) is 0. The number of hydrogen-bond donors (Lipinski definition) is 0. The average Bonchev–Trinajstić information content (AvgIpc) is 2.57. The van der Waals surface area contributed by atoms with Crippen molar-refractivity contribution in [2.24, 2.45) is 0 Å². The van der Waals surface area contributed by atoms with Gasteiger partial charge in [0.2, 0.25) is 5.69 Å². The maximum atomic E-state index is 5.30. The first-order chi connectivity index (χ1) is 8.38. The molecular formula is C15H16NO+. The van der Waals surface area contributed by atoms with E-state index in [1.54, 1.807) is 7.11 Å². The maximum Gasteiger partial charge on any atom is 0.212 e. The topological polar surface area (TPSA) is 13.1 Å². The van der Waals surface area contributed by atoms with Crippen molar-refractivity contribution < 1.29 is 9.30 Å². The first kappa shape index (κ1) is 10.3. The van der Waals surface area contributed by atoms with E-state index in [-0.39, 0.29) is 0 Å². The van der Waals surface area contributed by atoms with Gasteiger partial charge in [-0.2, -0.15) is 4.57 Å². The van der Waals surface area contributed by atoms with Gasteiger partial charge in [0.1, 0.15) is 12.3 Å². The Morgan fingerprint density at radius 2 is 2.12 bits per heavy atom. The summed E-state index contributed by atoms with van der Waals surface area (Å²) in [5.74, 6) is 0.952. The Balaban J connectivity index is 2.19. The first-order valence-corrected chi connectivity index (χ1v) is 6.04. The fourth-order valence-electron chi connectivity index (χ4n) is 2.51. The van der Waals surface area contributed by atoms with Gasteiger partial charge in [-0.1, -0.05) is 0 Å². The van der Waals surface area contributed by atoms with Crippen LogP contribution in [0, 0.1) is 0 Å². The molecule has 0 saturated heterocycles. The molecule has 0 amide bonds. The molecule has 0 aliphatic carbocycles. The molecule has 0 N–H and O–H groups in total. The number of benzene rings is 1. The zero-order valence-electron chi connectivity index (χ0n) is 10.0. The number of fused-ring (bicyclic) bond motifs is 3. The largest absolute Gasteiger partial charge is 0.497 e. The van der Waals surface area contributed by atoms with Gasteiger partial charge in [0.15, 0.2) is 6.20 Å². The minimum absolute atomic E-state index is 0.952. The van der Waals surface area contributed by atoms with E-state index in [1.165, 1.54) is 23.2 Å². The Morgan fingerprint density at radius 1 is 1.18 bits per heavy atom. The average molecular weight is 226 g/mol. The van der Waals surface area contributed by atoms with E-state index in [4.69, 9.17) is 4.74 Å². The molecule has 1 aliphatic rings. The molecule has 2 nitrogen and oxygen atoms in total. The SMILES string of the molecule is COc1ccc2c(c1)CCC[n+]1ccccc1-2. The molecule has 1 aromatic carbocycles. The van der Waals surface area contributed by atoms with Crippen LogP contribution < -0.4 is 9.30 Å².